The van der Waals surface area contributed by atoms with Crippen molar-refractivity contribution in [2.24, 2.45) is 0 Å². The molecule has 122 valence electrons. The van der Waals surface area contributed by atoms with Crippen molar-refractivity contribution >= 4 is 30.7 Å². The van der Waals surface area contributed by atoms with Crippen LogP contribution in [0.15, 0.2) is 36.9 Å². The second kappa shape index (κ2) is 10.2. The van der Waals surface area contributed by atoms with E-state index in [0.29, 0.717) is 12.1 Å². The molecule has 2 aromatic rings. The van der Waals surface area contributed by atoms with Crippen molar-refractivity contribution in [3.8, 4) is 5.69 Å². The third kappa shape index (κ3) is 5.63. The van der Waals surface area contributed by atoms with Crippen LogP contribution in [0.4, 0.5) is 0 Å². The molecule has 2 rings (SSSR count). The van der Waals surface area contributed by atoms with Gasteiger partial charge in [0.2, 0.25) is 0 Å². The van der Waals surface area contributed by atoms with Gasteiger partial charge in [-0.05, 0) is 31.7 Å². The number of amides is 1. The number of carbonyl (C=O) groups is 1. The van der Waals surface area contributed by atoms with Gasteiger partial charge in [-0.3, -0.25) is 4.79 Å². The molecule has 0 saturated carbocycles. The Balaban J connectivity index is 0.00000220. The van der Waals surface area contributed by atoms with Crippen LogP contribution in [0.1, 0.15) is 24.2 Å². The Kier molecular flexibility index (Phi) is 9.40. The van der Waals surface area contributed by atoms with Crippen molar-refractivity contribution in [3.05, 3.63) is 42.5 Å². The van der Waals surface area contributed by atoms with Crippen molar-refractivity contribution in [2.75, 3.05) is 13.1 Å². The normalized spacial score (nSPS) is 11.0. The van der Waals surface area contributed by atoms with Crippen LogP contribution in [0, 0.1) is 0 Å². The highest BCUT2D eigenvalue weighted by Crippen LogP contribution is 2.08. The first-order valence-electron chi connectivity index (χ1n) is 6.67. The number of benzene rings is 1. The van der Waals surface area contributed by atoms with Crippen LogP contribution in [0.5, 0.6) is 0 Å². The third-order valence-electron chi connectivity index (χ3n) is 2.91. The molecule has 8 heteroatoms. The lowest BCUT2D eigenvalue weighted by Gasteiger charge is -2.13. The summed E-state index contributed by atoms with van der Waals surface area (Å²) in [6, 6.07) is 7.55. The molecule has 0 aliphatic rings. The number of hydrogen-bond donors (Lipinski definition) is 2. The molecule has 0 saturated heterocycles. The zero-order valence-electron chi connectivity index (χ0n) is 12.5. The Morgan fingerprint density at radius 1 is 1.36 bits per heavy atom. The van der Waals surface area contributed by atoms with Gasteiger partial charge in [0.1, 0.15) is 12.7 Å². The highest BCUT2D eigenvalue weighted by Gasteiger charge is 2.08. The highest BCUT2D eigenvalue weighted by atomic mass is 35.5. The second-order valence-corrected chi connectivity index (χ2v) is 4.56. The first-order valence-corrected chi connectivity index (χ1v) is 6.67. The molecule has 0 aliphatic carbocycles. The molecule has 6 nitrogen and oxygen atoms in total. The summed E-state index contributed by atoms with van der Waals surface area (Å²) in [6.07, 6.45) is 3.06. The molecule has 1 aromatic heterocycles. The van der Waals surface area contributed by atoms with E-state index < -0.39 is 0 Å². The smallest absolute Gasteiger partial charge is 0.251 e. The molecular weight excluding hydrogens is 325 g/mol. The van der Waals surface area contributed by atoms with Crippen LogP contribution in [0.25, 0.3) is 5.69 Å². The van der Waals surface area contributed by atoms with Crippen molar-refractivity contribution in [1.29, 1.82) is 0 Å². The summed E-state index contributed by atoms with van der Waals surface area (Å²) in [6.45, 7) is 5.56. The molecule has 1 aromatic carbocycles. The minimum Gasteiger partial charge on any atom is -0.350 e. The minimum atomic E-state index is -0.0864. The maximum Gasteiger partial charge on any atom is 0.251 e. The number of carbonyl (C=O) groups excluding carboxylic acids is 1. The van der Waals surface area contributed by atoms with Crippen LogP contribution in [-0.4, -0.2) is 39.8 Å². The van der Waals surface area contributed by atoms with E-state index in [-0.39, 0.29) is 36.8 Å². The van der Waals surface area contributed by atoms with Gasteiger partial charge in [0.25, 0.3) is 5.91 Å². The topological polar surface area (TPSA) is 71.8 Å². The number of halogens is 2. The van der Waals surface area contributed by atoms with E-state index in [0.717, 1.165) is 12.2 Å². The van der Waals surface area contributed by atoms with Gasteiger partial charge in [-0.2, -0.15) is 5.10 Å². The van der Waals surface area contributed by atoms with Crippen LogP contribution >= 0.6 is 24.8 Å². The maximum absolute atomic E-state index is 12.1. The van der Waals surface area contributed by atoms with Gasteiger partial charge in [-0.1, -0.05) is 13.0 Å². The quantitative estimate of drug-likeness (QED) is 0.837. The van der Waals surface area contributed by atoms with Crippen LogP contribution < -0.4 is 10.6 Å². The average Bonchev–Trinajstić information content (AvgIpc) is 2.99. The summed E-state index contributed by atoms with van der Waals surface area (Å²) >= 11 is 0. The summed E-state index contributed by atoms with van der Waals surface area (Å²) in [4.78, 5) is 16.0. The standard InChI is InChI=1S/C14H19N5O.2ClH/c1-3-16-11(2)8-17-14(20)12-5-4-6-13(7-12)19-10-15-9-18-19;;/h4-7,9-11,16H,3,8H2,1-2H3,(H,17,20);2*1H/t11-;;/m1../s1. The van der Waals surface area contributed by atoms with Crippen molar-refractivity contribution < 1.29 is 4.79 Å². The van der Waals surface area contributed by atoms with Gasteiger partial charge in [-0.15, -0.1) is 24.8 Å². The largest absolute Gasteiger partial charge is 0.350 e. The number of hydrogen-bond acceptors (Lipinski definition) is 4. The first kappa shape index (κ1) is 20.4. The lowest BCUT2D eigenvalue weighted by molar-refractivity contribution is 0.0950. The molecular formula is C14H21Cl2N5O. The lowest BCUT2D eigenvalue weighted by atomic mass is 10.2. The number of likely N-dealkylation sites (N-methyl/N-ethyl adjacent to an activating group) is 1. The Labute approximate surface area is 142 Å². The molecule has 1 heterocycles. The zero-order valence-corrected chi connectivity index (χ0v) is 14.2. The maximum atomic E-state index is 12.1. The summed E-state index contributed by atoms with van der Waals surface area (Å²) in [5.74, 6) is -0.0864. The number of nitrogens with zero attached hydrogens (tertiary/aromatic N) is 3. The minimum absolute atomic E-state index is 0. The monoisotopic (exact) mass is 345 g/mol. The SMILES string of the molecule is CCN[C@H](C)CNC(=O)c1cccc(-n2cncn2)c1.Cl.Cl. The molecule has 1 amide bonds. The molecule has 2 N–H and O–H groups in total. The molecule has 0 spiro atoms. The molecule has 0 radical (unpaired) electrons. The van der Waals surface area contributed by atoms with Gasteiger partial charge in [0.15, 0.2) is 0 Å². The van der Waals surface area contributed by atoms with Gasteiger partial charge in [0.05, 0.1) is 5.69 Å². The zero-order chi connectivity index (χ0) is 14.4. The highest BCUT2D eigenvalue weighted by molar-refractivity contribution is 5.94. The van der Waals surface area contributed by atoms with E-state index in [1.807, 2.05) is 26.0 Å². The third-order valence-corrected chi connectivity index (χ3v) is 2.91. The van der Waals surface area contributed by atoms with Crippen LogP contribution in [0.3, 0.4) is 0 Å². The predicted molar refractivity (Wildman–Crippen MR) is 91.3 cm³/mol. The Morgan fingerprint density at radius 3 is 2.77 bits per heavy atom. The van der Waals surface area contributed by atoms with E-state index >= 15 is 0 Å². The van der Waals surface area contributed by atoms with E-state index in [9.17, 15) is 4.79 Å². The summed E-state index contributed by atoms with van der Waals surface area (Å²) in [7, 11) is 0. The second-order valence-electron chi connectivity index (χ2n) is 4.56. The molecule has 1 atom stereocenters. The Hall–Kier alpha value is -1.63. The van der Waals surface area contributed by atoms with Crippen LogP contribution in [0.2, 0.25) is 0 Å². The summed E-state index contributed by atoms with van der Waals surface area (Å²) in [5.41, 5.74) is 1.43. The van der Waals surface area contributed by atoms with E-state index in [1.165, 1.54) is 6.33 Å². The first-order chi connectivity index (χ1) is 9.70. The Bertz CT molecular complexity index is 562. The predicted octanol–water partition coefficient (Wildman–Crippen LogP) is 1.84. The molecule has 0 unspecified atom stereocenters. The average molecular weight is 346 g/mol. The Morgan fingerprint density at radius 2 is 2.14 bits per heavy atom. The number of rotatable bonds is 6. The van der Waals surface area contributed by atoms with E-state index in [2.05, 4.69) is 20.7 Å². The number of nitrogens with one attached hydrogen (secondary N) is 2. The van der Waals surface area contributed by atoms with E-state index in [1.54, 1.807) is 23.1 Å². The molecule has 0 fully saturated rings. The van der Waals surface area contributed by atoms with Crippen molar-refractivity contribution in [3.63, 3.8) is 0 Å². The summed E-state index contributed by atoms with van der Waals surface area (Å²) < 4.78 is 1.62. The molecule has 0 bridgehead atoms. The molecule has 0 aliphatic heterocycles. The fraction of sp³-hybridized carbons (Fsp3) is 0.357. The van der Waals surface area contributed by atoms with Crippen LogP contribution in [-0.2, 0) is 0 Å². The van der Waals surface area contributed by atoms with E-state index in [4.69, 9.17) is 0 Å². The fourth-order valence-electron chi connectivity index (χ4n) is 1.90. The van der Waals surface area contributed by atoms with Gasteiger partial charge in [0, 0.05) is 18.2 Å². The summed E-state index contributed by atoms with van der Waals surface area (Å²) in [5, 5.41) is 10.2. The molecule has 22 heavy (non-hydrogen) atoms. The van der Waals surface area contributed by atoms with Crippen molar-refractivity contribution in [2.45, 2.75) is 19.9 Å². The lowest BCUT2D eigenvalue weighted by Crippen LogP contribution is -2.38. The van der Waals surface area contributed by atoms with Gasteiger partial charge in [-0.25, -0.2) is 9.67 Å². The fourth-order valence-corrected chi connectivity index (χ4v) is 1.90. The van der Waals surface area contributed by atoms with Gasteiger partial charge >= 0.3 is 0 Å². The van der Waals surface area contributed by atoms with Crippen molar-refractivity contribution in [1.82, 2.24) is 25.4 Å². The number of aromatic nitrogens is 3. The van der Waals surface area contributed by atoms with Gasteiger partial charge < -0.3 is 10.6 Å².